The maximum Gasteiger partial charge on any atom is 0.0643 e. The highest BCUT2D eigenvalue weighted by atomic mass is 35.5. The van der Waals surface area contributed by atoms with Gasteiger partial charge in [0.25, 0.3) is 0 Å². The molecule has 1 aromatic rings. The Morgan fingerprint density at radius 3 is 2.67 bits per heavy atom. The van der Waals surface area contributed by atoms with Crippen LogP contribution >= 0.6 is 11.6 Å². The normalized spacial score (nSPS) is 16.2. The van der Waals surface area contributed by atoms with Crippen molar-refractivity contribution in [2.45, 2.75) is 45.2 Å². The lowest BCUT2D eigenvalue weighted by Gasteiger charge is -2.32. The minimum Gasteiger partial charge on any atom is -0.367 e. The second kappa shape index (κ2) is 6.44. The lowest BCUT2D eigenvalue weighted by molar-refractivity contribution is 0.616. The van der Waals surface area contributed by atoms with Crippen LogP contribution in [-0.4, -0.2) is 19.6 Å². The smallest absolute Gasteiger partial charge is 0.0643 e. The van der Waals surface area contributed by atoms with Gasteiger partial charge < -0.3 is 10.2 Å². The van der Waals surface area contributed by atoms with E-state index in [0.29, 0.717) is 6.04 Å². The van der Waals surface area contributed by atoms with Crippen LogP contribution < -0.4 is 10.2 Å². The van der Waals surface area contributed by atoms with E-state index in [2.05, 4.69) is 23.2 Å². The van der Waals surface area contributed by atoms with Gasteiger partial charge >= 0.3 is 0 Å². The van der Waals surface area contributed by atoms with Crippen LogP contribution in [0.4, 0.5) is 5.69 Å². The Hall–Kier alpha value is -0.730. The van der Waals surface area contributed by atoms with E-state index in [9.17, 15) is 0 Å². The van der Waals surface area contributed by atoms with Crippen LogP contribution in [0.2, 0.25) is 5.02 Å². The summed E-state index contributed by atoms with van der Waals surface area (Å²) in [5, 5.41) is 4.12. The lowest BCUT2D eigenvalue weighted by Crippen LogP contribution is -2.34. The Kier molecular flexibility index (Phi) is 4.90. The molecule has 0 radical (unpaired) electrons. The molecule has 0 heterocycles. The van der Waals surface area contributed by atoms with E-state index < -0.39 is 0 Å². The summed E-state index contributed by atoms with van der Waals surface area (Å²) >= 11 is 6.45. The zero-order valence-electron chi connectivity index (χ0n) is 11.4. The fourth-order valence-corrected chi connectivity index (χ4v) is 3.33. The van der Waals surface area contributed by atoms with E-state index in [0.717, 1.165) is 18.1 Å². The lowest BCUT2D eigenvalue weighted by atomic mass is 10.1. The van der Waals surface area contributed by atoms with E-state index >= 15 is 0 Å². The van der Waals surface area contributed by atoms with Gasteiger partial charge in [0.05, 0.1) is 10.7 Å². The third kappa shape index (κ3) is 2.81. The average Bonchev–Trinajstić information content (AvgIpc) is 2.87. The Balaban J connectivity index is 2.33. The number of rotatable bonds is 5. The molecule has 0 spiro atoms. The summed E-state index contributed by atoms with van der Waals surface area (Å²) in [5.74, 6) is 0. The van der Waals surface area contributed by atoms with Crippen molar-refractivity contribution in [3.8, 4) is 0 Å². The van der Waals surface area contributed by atoms with Gasteiger partial charge in [-0.2, -0.15) is 0 Å². The molecule has 1 fully saturated rings. The molecule has 1 aliphatic carbocycles. The molecule has 1 aliphatic rings. The monoisotopic (exact) mass is 266 g/mol. The average molecular weight is 267 g/mol. The molecular formula is C15H23ClN2. The summed E-state index contributed by atoms with van der Waals surface area (Å²) in [5.41, 5.74) is 2.54. The van der Waals surface area contributed by atoms with Crippen LogP contribution in [0.3, 0.4) is 0 Å². The first-order valence-corrected chi connectivity index (χ1v) is 7.34. The van der Waals surface area contributed by atoms with Crippen molar-refractivity contribution >= 4 is 17.3 Å². The Morgan fingerprint density at radius 2 is 2.06 bits per heavy atom. The van der Waals surface area contributed by atoms with E-state index in [1.54, 1.807) is 0 Å². The van der Waals surface area contributed by atoms with Crippen molar-refractivity contribution in [1.29, 1.82) is 0 Å². The van der Waals surface area contributed by atoms with Crippen LogP contribution in [0.5, 0.6) is 0 Å². The van der Waals surface area contributed by atoms with Crippen molar-refractivity contribution in [3.63, 3.8) is 0 Å². The number of benzene rings is 1. The van der Waals surface area contributed by atoms with Gasteiger partial charge in [-0.25, -0.2) is 0 Å². The number of para-hydroxylation sites is 1. The highest BCUT2D eigenvalue weighted by Gasteiger charge is 2.24. The fraction of sp³-hybridized carbons (Fsp3) is 0.600. The summed E-state index contributed by atoms with van der Waals surface area (Å²) in [4.78, 5) is 2.50. The molecule has 0 aromatic heterocycles. The quantitative estimate of drug-likeness (QED) is 0.871. The van der Waals surface area contributed by atoms with Gasteiger partial charge in [-0.05, 0) is 38.4 Å². The summed E-state index contributed by atoms with van der Waals surface area (Å²) < 4.78 is 0. The molecule has 0 unspecified atom stereocenters. The highest BCUT2D eigenvalue weighted by Crippen LogP contribution is 2.35. The van der Waals surface area contributed by atoms with Gasteiger partial charge in [0.15, 0.2) is 0 Å². The van der Waals surface area contributed by atoms with Crippen LogP contribution in [0.1, 0.15) is 38.2 Å². The number of nitrogens with zero attached hydrogens (tertiary/aromatic N) is 1. The minimum absolute atomic E-state index is 0.672. The molecular weight excluding hydrogens is 244 g/mol. The van der Waals surface area contributed by atoms with E-state index in [-0.39, 0.29) is 0 Å². The third-order valence-electron chi connectivity index (χ3n) is 3.83. The van der Waals surface area contributed by atoms with Gasteiger partial charge in [-0.3, -0.25) is 0 Å². The second-order valence-corrected chi connectivity index (χ2v) is 5.41. The number of hydrogen-bond donors (Lipinski definition) is 1. The second-order valence-electron chi connectivity index (χ2n) is 5.00. The van der Waals surface area contributed by atoms with Gasteiger partial charge in [-0.15, -0.1) is 0 Å². The van der Waals surface area contributed by atoms with Crippen molar-refractivity contribution in [1.82, 2.24) is 5.32 Å². The maximum absolute atomic E-state index is 6.45. The summed E-state index contributed by atoms with van der Waals surface area (Å²) in [6.07, 6.45) is 5.32. The first kappa shape index (κ1) is 13.7. The van der Waals surface area contributed by atoms with Gasteiger partial charge in [0, 0.05) is 19.1 Å². The number of anilines is 1. The topological polar surface area (TPSA) is 15.3 Å². The molecule has 2 rings (SSSR count). The van der Waals surface area contributed by atoms with E-state index in [1.165, 1.54) is 36.9 Å². The molecule has 0 atom stereocenters. The zero-order chi connectivity index (χ0) is 13.0. The maximum atomic E-state index is 6.45. The van der Waals surface area contributed by atoms with Crippen LogP contribution in [0.15, 0.2) is 18.2 Å². The summed E-state index contributed by atoms with van der Waals surface area (Å²) in [7, 11) is 1.98. The summed E-state index contributed by atoms with van der Waals surface area (Å²) in [6, 6.07) is 6.90. The van der Waals surface area contributed by atoms with Crippen molar-refractivity contribution in [3.05, 3.63) is 28.8 Å². The largest absolute Gasteiger partial charge is 0.367 e. The van der Waals surface area contributed by atoms with Gasteiger partial charge in [0.2, 0.25) is 0 Å². The number of hydrogen-bond acceptors (Lipinski definition) is 2. The molecule has 2 nitrogen and oxygen atoms in total. The molecule has 1 saturated carbocycles. The van der Waals surface area contributed by atoms with Crippen LogP contribution in [0, 0.1) is 0 Å². The molecule has 100 valence electrons. The molecule has 18 heavy (non-hydrogen) atoms. The fourth-order valence-electron chi connectivity index (χ4n) is 3.03. The number of halogens is 1. The highest BCUT2D eigenvalue weighted by molar-refractivity contribution is 6.33. The Bertz CT molecular complexity index is 386. The zero-order valence-corrected chi connectivity index (χ0v) is 12.1. The SMILES string of the molecule is CCN(c1c(Cl)cccc1CNC)C1CCCC1. The Morgan fingerprint density at radius 1 is 1.33 bits per heavy atom. The van der Waals surface area contributed by atoms with Crippen molar-refractivity contribution < 1.29 is 0 Å². The molecule has 0 bridgehead atoms. The molecule has 0 saturated heterocycles. The molecule has 1 aromatic carbocycles. The predicted octanol–water partition coefficient (Wildman–Crippen LogP) is 3.83. The van der Waals surface area contributed by atoms with Gasteiger partial charge in [0.1, 0.15) is 0 Å². The van der Waals surface area contributed by atoms with Crippen molar-refractivity contribution in [2.24, 2.45) is 0 Å². The number of nitrogens with one attached hydrogen (secondary N) is 1. The molecule has 0 aliphatic heterocycles. The minimum atomic E-state index is 0.672. The van der Waals surface area contributed by atoms with Crippen LogP contribution in [0.25, 0.3) is 0 Å². The molecule has 1 N–H and O–H groups in total. The third-order valence-corrected chi connectivity index (χ3v) is 4.14. The Labute approximate surface area is 115 Å². The molecule has 0 amide bonds. The first-order valence-electron chi connectivity index (χ1n) is 6.96. The van der Waals surface area contributed by atoms with Gasteiger partial charge in [-0.1, -0.05) is 36.6 Å². The van der Waals surface area contributed by atoms with E-state index in [1.807, 2.05) is 19.2 Å². The first-order chi connectivity index (χ1) is 8.77. The molecule has 3 heteroatoms. The summed E-state index contributed by atoms with van der Waals surface area (Å²) in [6.45, 7) is 4.13. The van der Waals surface area contributed by atoms with Crippen molar-refractivity contribution in [2.75, 3.05) is 18.5 Å². The predicted molar refractivity (Wildman–Crippen MR) is 79.5 cm³/mol. The standard InChI is InChI=1S/C15H23ClN2/c1-3-18(13-8-4-5-9-13)15-12(11-17-2)7-6-10-14(15)16/h6-7,10,13,17H,3-5,8-9,11H2,1-2H3. The van der Waals surface area contributed by atoms with Crippen LogP contribution in [-0.2, 0) is 6.54 Å². The van der Waals surface area contributed by atoms with E-state index in [4.69, 9.17) is 11.6 Å².